The molecular formula is C25H30O2. The third kappa shape index (κ3) is 3.85. The van der Waals surface area contributed by atoms with Gasteiger partial charge in [0.1, 0.15) is 0 Å². The van der Waals surface area contributed by atoms with Gasteiger partial charge in [0.2, 0.25) is 0 Å². The summed E-state index contributed by atoms with van der Waals surface area (Å²) in [4.78, 5) is 11.0. The number of hydrogen-bond donors (Lipinski definition) is 1. The minimum absolute atomic E-state index is 0.190. The second-order valence-electron chi connectivity index (χ2n) is 9.05. The molecule has 0 aliphatic heterocycles. The lowest BCUT2D eigenvalue weighted by Crippen LogP contribution is -2.18. The quantitative estimate of drug-likeness (QED) is 0.619. The van der Waals surface area contributed by atoms with Gasteiger partial charge < -0.3 is 5.11 Å². The van der Waals surface area contributed by atoms with Crippen molar-refractivity contribution in [1.29, 1.82) is 0 Å². The van der Waals surface area contributed by atoms with Crippen LogP contribution in [0.4, 0.5) is 0 Å². The number of aromatic carboxylic acids is 1. The Kier molecular flexibility index (Phi) is 5.03. The van der Waals surface area contributed by atoms with E-state index in [9.17, 15) is 4.79 Å². The fourth-order valence-corrected chi connectivity index (χ4v) is 4.64. The molecule has 1 aliphatic carbocycles. The lowest BCUT2D eigenvalue weighted by molar-refractivity contribution is 0.0697. The Hall–Kier alpha value is -2.35. The molecule has 0 unspecified atom stereocenters. The maximum atomic E-state index is 11.0. The number of hydrogen-bond acceptors (Lipinski definition) is 1. The summed E-state index contributed by atoms with van der Waals surface area (Å²) in [5.41, 5.74) is 7.39. The summed E-state index contributed by atoms with van der Waals surface area (Å²) in [6.45, 7) is 11.6. The van der Waals surface area contributed by atoms with Gasteiger partial charge in [-0.1, -0.05) is 77.5 Å². The zero-order chi connectivity index (χ0) is 19.8. The summed E-state index contributed by atoms with van der Waals surface area (Å²) in [6.07, 6.45) is 7.63. The van der Waals surface area contributed by atoms with Gasteiger partial charge in [-0.05, 0) is 63.6 Å². The minimum atomic E-state index is -0.890. The lowest BCUT2D eigenvalue weighted by Gasteiger charge is -2.22. The highest BCUT2D eigenvalue weighted by molar-refractivity contribution is 5.88. The van der Waals surface area contributed by atoms with Crippen LogP contribution in [0.2, 0.25) is 0 Å². The first-order chi connectivity index (χ1) is 12.6. The first-order valence-corrected chi connectivity index (χ1v) is 9.83. The molecule has 0 atom stereocenters. The lowest BCUT2D eigenvalue weighted by atomic mass is 9.82. The number of rotatable bonds is 5. The topological polar surface area (TPSA) is 37.3 Å². The molecule has 0 saturated heterocycles. The molecule has 0 heterocycles. The Labute approximate surface area is 162 Å². The molecule has 2 nitrogen and oxygen atoms in total. The van der Waals surface area contributed by atoms with Crippen molar-refractivity contribution in [2.75, 3.05) is 0 Å². The van der Waals surface area contributed by atoms with Crippen LogP contribution >= 0.6 is 0 Å². The molecule has 2 heteroatoms. The van der Waals surface area contributed by atoms with E-state index in [4.69, 9.17) is 5.11 Å². The average Bonchev–Trinajstić information content (AvgIpc) is 2.77. The normalized spacial score (nSPS) is 17.2. The number of carboxylic acids is 1. The van der Waals surface area contributed by atoms with Crippen molar-refractivity contribution < 1.29 is 9.90 Å². The summed E-state index contributed by atoms with van der Waals surface area (Å²) in [5, 5.41) is 9.04. The highest BCUT2D eigenvalue weighted by Crippen LogP contribution is 2.50. The van der Waals surface area contributed by atoms with Crippen LogP contribution in [-0.4, -0.2) is 11.1 Å². The van der Waals surface area contributed by atoms with Gasteiger partial charge in [-0.3, -0.25) is 0 Å². The summed E-state index contributed by atoms with van der Waals surface area (Å²) in [5.74, 6) is -0.890. The second kappa shape index (κ2) is 6.99. The number of carbonyl (C=O) groups is 1. The Balaban J connectivity index is 2.01. The first kappa shape index (κ1) is 19.4. The van der Waals surface area contributed by atoms with E-state index in [1.165, 1.54) is 28.7 Å². The predicted octanol–water partition coefficient (Wildman–Crippen LogP) is 6.47. The molecule has 0 amide bonds. The maximum absolute atomic E-state index is 11.0. The third-order valence-corrected chi connectivity index (χ3v) is 5.75. The zero-order valence-corrected chi connectivity index (χ0v) is 17.1. The van der Waals surface area contributed by atoms with E-state index < -0.39 is 5.97 Å². The SMILES string of the molecule is CCCc1cc2c(cc1/C=C/c1ccc(C(=O)O)cc1)C(C)(C)CC2(C)C. The fraction of sp³-hybridized carbons (Fsp3) is 0.400. The highest BCUT2D eigenvalue weighted by Gasteiger charge is 2.42. The number of carboxylic acid groups (broad SMARTS) is 1. The molecule has 0 radical (unpaired) electrons. The van der Waals surface area contributed by atoms with Crippen LogP contribution in [0.5, 0.6) is 0 Å². The van der Waals surface area contributed by atoms with E-state index in [0.717, 1.165) is 18.4 Å². The van der Waals surface area contributed by atoms with Gasteiger partial charge in [-0.25, -0.2) is 4.79 Å². The molecule has 0 bridgehead atoms. The number of fused-ring (bicyclic) bond motifs is 1. The molecule has 1 aliphatic rings. The van der Waals surface area contributed by atoms with Crippen molar-refractivity contribution in [2.45, 2.75) is 64.7 Å². The monoisotopic (exact) mass is 362 g/mol. The van der Waals surface area contributed by atoms with Crippen LogP contribution in [0.1, 0.15) is 85.6 Å². The summed E-state index contributed by atoms with van der Waals surface area (Å²) >= 11 is 0. The van der Waals surface area contributed by atoms with E-state index in [2.05, 4.69) is 58.9 Å². The molecule has 27 heavy (non-hydrogen) atoms. The van der Waals surface area contributed by atoms with Gasteiger partial charge in [0.15, 0.2) is 0 Å². The van der Waals surface area contributed by atoms with Crippen LogP contribution in [0.15, 0.2) is 36.4 Å². The first-order valence-electron chi connectivity index (χ1n) is 9.83. The number of benzene rings is 2. The van der Waals surface area contributed by atoms with E-state index in [0.29, 0.717) is 5.56 Å². The second-order valence-corrected chi connectivity index (χ2v) is 9.05. The van der Waals surface area contributed by atoms with Gasteiger partial charge in [0, 0.05) is 0 Å². The van der Waals surface area contributed by atoms with E-state index in [-0.39, 0.29) is 10.8 Å². The van der Waals surface area contributed by atoms with Crippen molar-refractivity contribution in [3.8, 4) is 0 Å². The molecule has 1 N–H and O–H groups in total. The fourth-order valence-electron chi connectivity index (χ4n) is 4.64. The molecule has 0 saturated carbocycles. The molecule has 2 aromatic rings. The molecule has 2 aromatic carbocycles. The molecule has 0 spiro atoms. The zero-order valence-electron chi connectivity index (χ0n) is 17.1. The minimum Gasteiger partial charge on any atom is -0.478 e. The Morgan fingerprint density at radius 3 is 2.15 bits per heavy atom. The molecule has 0 fully saturated rings. The maximum Gasteiger partial charge on any atom is 0.335 e. The summed E-state index contributed by atoms with van der Waals surface area (Å²) in [6, 6.07) is 11.9. The van der Waals surface area contributed by atoms with Crippen molar-refractivity contribution >= 4 is 18.1 Å². The van der Waals surface area contributed by atoms with Crippen LogP contribution < -0.4 is 0 Å². The van der Waals surface area contributed by atoms with Gasteiger partial charge >= 0.3 is 5.97 Å². The van der Waals surface area contributed by atoms with Crippen LogP contribution in [0.3, 0.4) is 0 Å². The van der Waals surface area contributed by atoms with Crippen molar-refractivity contribution in [1.82, 2.24) is 0 Å². The van der Waals surface area contributed by atoms with Crippen LogP contribution in [0, 0.1) is 0 Å². The highest BCUT2D eigenvalue weighted by atomic mass is 16.4. The van der Waals surface area contributed by atoms with Crippen molar-refractivity contribution in [3.63, 3.8) is 0 Å². The predicted molar refractivity (Wildman–Crippen MR) is 113 cm³/mol. The number of aryl methyl sites for hydroxylation is 1. The molecule has 3 rings (SSSR count). The van der Waals surface area contributed by atoms with Crippen molar-refractivity contribution in [2.24, 2.45) is 0 Å². The largest absolute Gasteiger partial charge is 0.478 e. The van der Waals surface area contributed by atoms with Gasteiger partial charge in [0.25, 0.3) is 0 Å². The van der Waals surface area contributed by atoms with Crippen LogP contribution in [0.25, 0.3) is 12.2 Å². The van der Waals surface area contributed by atoms with Crippen LogP contribution in [-0.2, 0) is 17.3 Å². The Bertz CT molecular complexity index is 883. The molecule has 0 aromatic heterocycles. The van der Waals surface area contributed by atoms with Gasteiger partial charge in [-0.2, -0.15) is 0 Å². The Morgan fingerprint density at radius 1 is 1.00 bits per heavy atom. The average molecular weight is 363 g/mol. The van der Waals surface area contributed by atoms with Crippen molar-refractivity contribution in [3.05, 3.63) is 69.8 Å². The van der Waals surface area contributed by atoms with E-state index in [1.54, 1.807) is 12.1 Å². The van der Waals surface area contributed by atoms with E-state index >= 15 is 0 Å². The summed E-state index contributed by atoms with van der Waals surface area (Å²) < 4.78 is 0. The van der Waals surface area contributed by atoms with Gasteiger partial charge in [-0.15, -0.1) is 0 Å². The Morgan fingerprint density at radius 2 is 1.59 bits per heavy atom. The molecule has 142 valence electrons. The smallest absolute Gasteiger partial charge is 0.335 e. The van der Waals surface area contributed by atoms with Gasteiger partial charge in [0.05, 0.1) is 5.56 Å². The summed E-state index contributed by atoms with van der Waals surface area (Å²) in [7, 11) is 0. The standard InChI is InChI=1S/C25H30O2/c1-6-7-19-14-21-22(25(4,5)16-24(21,2)3)15-20(19)13-10-17-8-11-18(12-9-17)23(26)27/h8-15H,6-7,16H2,1-5H3,(H,26,27)/b13-10+. The van der Waals surface area contributed by atoms with E-state index in [1.807, 2.05) is 12.1 Å². The molecular weight excluding hydrogens is 332 g/mol. The third-order valence-electron chi connectivity index (χ3n) is 5.75.